The van der Waals surface area contributed by atoms with E-state index < -0.39 is 10.5 Å². The molecule has 6 heteroatoms. The third-order valence-corrected chi connectivity index (χ3v) is 5.42. The van der Waals surface area contributed by atoms with Gasteiger partial charge in [0.2, 0.25) is 0 Å². The van der Waals surface area contributed by atoms with Crippen molar-refractivity contribution in [3.8, 4) is 11.5 Å². The Labute approximate surface area is 191 Å². The van der Waals surface area contributed by atoms with Gasteiger partial charge >= 0.3 is 0 Å². The summed E-state index contributed by atoms with van der Waals surface area (Å²) < 4.78 is 11.6. The lowest BCUT2D eigenvalue weighted by Crippen LogP contribution is -2.07. The molecule has 0 radical (unpaired) electrons. The van der Waals surface area contributed by atoms with Crippen molar-refractivity contribution in [3.63, 3.8) is 0 Å². The summed E-state index contributed by atoms with van der Waals surface area (Å²) in [5, 5.41) is -1.37. The average Bonchev–Trinajstić information content (AvgIpc) is 2.72. The second kappa shape index (κ2) is 16.4. The van der Waals surface area contributed by atoms with E-state index in [4.69, 9.17) is 32.7 Å². The zero-order valence-corrected chi connectivity index (χ0v) is 20.0. The second-order valence-corrected chi connectivity index (χ2v) is 8.31. The predicted octanol–water partition coefficient (Wildman–Crippen LogP) is 7.92. The van der Waals surface area contributed by atoms with E-state index in [9.17, 15) is 9.59 Å². The number of benzene rings is 1. The maximum Gasteiger partial charge on any atom is 0.256 e. The van der Waals surface area contributed by atoms with Crippen LogP contribution in [0.5, 0.6) is 11.5 Å². The van der Waals surface area contributed by atoms with Crippen LogP contribution in [0.15, 0.2) is 12.1 Å². The summed E-state index contributed by atoms with van der Waals surface area (Å²) in [5.74, 6) is 0.673. The Morgan fingerprint density at radius 2 is 1.00 bits per heavy atom. The van der Waals surface area contributed by atoms with Crippen molar-refractivity contribution >= 4 is 33.7 Å². The maximum absolute atomic E-state index is 11.8. The highest BCUT2D eigenvalue weighted by Crippen LogP contribution is 2.32. The topological polar surface area (TPSA) is 52.6 Å². The molecule has 0 saturated heterocycles. The lowest BCUT2D eigenvalue weighted by Gasteiger charge is -2.15. The summed E-state index contributed by atoms with van der Waals surface area (Å²) in [6.07, 6.45) is 13.7. The minimum atomic E-state index is -0.686. The maximum atomic E-state index is 11.8. The SMILES string of the molecule is CCCCCCCCOc1cc(OCCCCCCCC)c(C(=O)Cl)cc1C(=O)Cl. The molecule has 0 heterocycles. The van der Waals surface area contributed by atoms with Gasteiger partial charge < -0.3 is 9.47 Å². The van der Waals surface area contributed by atoms with Gasteiger partial charge in [0.05, 0.1) is 24.3 Å². The normalized spacial score (nSPS) is 10.8. The van der Waals surface area contributed by atoms with Crippen LogP contribution >= 0.6 is 23.2 Å². The molecule has 4 nitrogen and oxygen atoms in total. The van der Waals surface area contributed by atoms with Crippen molar-refractivity contribution in [2.45, 2.75) is 90.9 Å². The van der Waals surface area contributed by atoms with Crippen LogP contribution in [0.2, 0.25) is 0 Å². The van der Waals surface area contributed by atoms with Crippen LogP contribution in [0.4, 0.5) is 0 Å². The Bertz CT molecular complexity index is 595. The molecule has 1 aromatic rings. The Hall–Kier alpha value is -1.26. The molecule has 1 rings (SSSR count). The van der Waals surface area contributed by atoms with Gasteiger partial charge in [0.1, 0.15) is 11.5 Å². The molecule has 0 bridgehead atoms. The monoisotopic (exact) mass is 458 g/mol. The summed E-state index contributed by atoms with van der Waals surface area (Å²) >= 11 is 11.4. The molecule has 0 saturated carbocycles. The summed E-state index contributed by atoms with van der Waals surface area (Å²) in [7, 11) is 0. The minimum Gasteiger partial charge on any atom is -0.493 e. The minimum absolute atomic E-state index is 0.138. The van der Waals surface area contributed by atoms with E-state index in [0.717, 1.165) is 25.7 Å². The average molecular weight is 459 g/mol. The van der Waals surface area contributed by atoms with Gasteiger partial charge in [0, 0.05) is 6.07 Å². The van der Waals surface area contributed by atoms with Crippen LogP contribution in [-0.4, -0.2) is 23.7 Å². The Morgan fingerprint density at radius 3 is 1.37 bits per heavy atom. The molecule has 0 aliphatic rings. The van der Waals surface area contributed by atoms with Crippen LogP contribution in [0, 0.1) is 0 Å². The molecule has 1 aromatic carbocycles. The molecular weight excluding hydrogens is 423 g/mol. The van der Waals surface area contributed by atoms with Gasteiger partial charge in [0.15, 0.2) is 0 Å². The number of halogens is 2. The fourth-order valence-electron chi connectivity index (χ4n) is 3.24. The van der Waals surface area contributed by atoms with Gasteiger partial charge in [0.25, 0.3) is 10.5 Å². The molecule has 30 heavy (non-hydrogen) atoms. The first-order chi connectivity index (χ1) is 14.5. The number of hydrogen-bond acceptors (Lipinski definition) is 4. The van der Waals surface area contributed by atoms with Crippen LogP contribution in [0.3, 0.4) is 0 Å². The van der Waals surface area contributed by atoms with E-state index in [1.807, 2.05) is 0 Å². The van der Waals surface area contributed by atoms with E-state index in [-0.39, 0.29) is 11.1 Å². The van der Waals surface area contributed by atoms with Gasteiger partial charge in [-0.05, 0) is 42.1 Å². The van der Waals surface area contributed by atoms with Gasteiger partial charge in [-0.25, -0.2) is 0 Å². The third kappa shape index (κ3) is 10.7. The molecular formula is C24H36Cl2O4. The Kier molecular flexibility index (Phi) is 14.7. The standard InChI is InChI=1S/C24H36Cl2O4/c1-3-5-7-9-11-13-15-29-21-18-22(30-16-14-12-10-8-6-4-2)20(24(26)28)17-19(21)23(25)27/h17-18H,3-16H2,1-2H3. The zero-order chi connectivity index (χ0) is 22.2. The number of carbonyl (C=O) groups is 2. The summed E-state index contributed by atoms with van der Waals surface area (Å²) in [6, 6.07) is 2.94. The van der Waals surface area contributed by atoms with Gasteiger partial charge in [-0.15, -0.1) is 0 Å². The molecule has 0 fully saturated rings. The summed E-state index contributed by atoms with van der Waals surface area (Å²) in [5.41, 5.74) is 0.275. The first-order valence-electron chi connectivity index (χ1n) is 11.3. The van der Waals surface area contributed by atoms with Crippen molar-refractivity contribution in [2.75, 3.05) is 13.2 Å². The van der Waals surface area contributed by atoms with Gasteiger partial charge in [-0.3, -0.25) is 9.59 Å². The first-order valence-corrected chi connectivity index (χ1v) is 12.1. The molecule has 0 aliphatic carbocycles. The highest BCUT2D eigenvalue weighted by atomic mass is 35.5. The van der Waals surface area contributed by atoms with Gasteiger partial charge in [-0.2, -0.15) is 0 Å². The molecule has 170 valence electrons. The number of unbranched alkanes of at least 4 members (excludes halogenated alkanes) is 10. The van der Waals surface area contributed by atoms with Crippen LogP contribution < -0.4 is 9.47 Å². The molecule has 0 spiro atoms. The van der Waals surface area contributed by atoms with Crippen molar-refractivity contribution in [1.82, 2.24) is 0 Å². The zero-order valence-electron chi connectivity index (χ0n) is 18.4. The Balaban J connectivity index is 2.70. The lowest BCUT2D eigenvalue weighted by molar-refractivity contribution is 0.107. The third-order valence-electron chi connectivity index (χ3n) is 5.02. The number of ether oxygens (including phenoxy) is 2. The largest absolute Gasteiger partial charge is 0.493 e. The van der Waals surface area contributed by atoms with Crippen LogP contribution in [-0.2, 0) is 0 Å². The molecule has 0 unspecified atom stereocenters. The van der Waals surface area contributed by atoms with Crippen molar-refractivity contribution < 1.29 is 19.1 Å². The fraction of sp³-hybridized carbons (Fsp3) is 0.667. The van der Waals surface area contributed by atoms with E-state index in [1.54, 1.807) is 6.07 Å². The number of hydrogen-bond donors (Lipinski definition) is 0. The Morgan fingerprint density at radius 1 is 0.633 bits per heavy atom. The van der Waals surface area contributed by atoms with Crippen LogP contribution in [0.25, 0.3) is 0 Å². The molecule has 0 aliphatic heterocycles. The smallest absolute Gasteiger partial charge is 0.256 e. The summed E-state index contributed by atoms with van der Waals surface area (Å²) in [4.78, 5) is 23.7. The fourth-order valence-corrected chi connectivity index (χ4v) is 3.53. The predicted molar refractivity (Wildman–Crippen MR) is 125 cm³/mol. The summed E-state index contributed by atoms with van der Waals surface area (Å²) in [6.45, 7) is 5.34. The molecule has 0 N–H and O–H groups in total. The molecule has 0 atom stereocenters. The van der Waals surface area contributed by atoms with Crippen molar-refractivity contribution in [2.24, 2.45) is 0 Å². The number of carbonyl (C=O) groups excluding carboxylic acids is 2. The van der Waals surface area contributed by atoms with E-state index >= 15 is 0 Å². The van der Waals surface area contributed by atoms with Crippen molar-refractivity contribution in [1.29, 1.82) is 0 Å². The van der Waals surface area contributed by atoms with E-state index in [0.29, 0.717) is 24.7 Å². The van der Waals surface area contributed by atoms with Gasteiger partial charge in [-0.1, -0.05) is 78.1 Å². The van der Waals surface area contributed by atoms with Crippen LogP contribution in [0.1, 0.15) is 112 Å². The second-order valence-electron chi connectivity index (χ2n) is 7.62. The highest BCUT2D eigenvalue weighted by molar-refractivity contribution is 6.69. The molecule has 0 amide bonds. The first kappa shape index (κ1) is 26.8. The van der Waals surface area contributed by atoms with E-state index in [2.05, 4.69) is 13.8 Å². The lowest BCUT2D eigenvalue weighted by atomic mass is 10.1. The molecule has 0 aromatic heterocycles. The highest BCUT2D eigenvalue weighted by Gasteiger charge is 2.20. The van der Waals surface area contributed by atoms with Crippen molar-refractivity contribution in [3.05, 3.63) is 23.3 Å². The number of rotatable bonds is 18. The quantitative estimate of drug-likeness (QED) is 0.165. The van der Waals surface area contributed by atoms with E-state index in [1.165, 1.54) is 57.4 Å².